The Morgan fingerprint density at radius 2 is 2.07 bits per heavy atom. The van der Waals surface area contributed by atoms with Gasteiger partial charge in [0.25, 0.3) is 0 Å². The predicted octanol–water partition coefficient (Wildman–Crippen LogP) is 1.27. The third-order valence-corrected chi connectivity index (χ3v) is 5.16. The van der Waals surface area contributed by atoms with E-state index >= 15 is 0 Å². The number of ether oxygens (including phenoxy) is 2. The highest BCUT2D eigenvalue weighted by Gasteiger charge is 2.23. The molecule has 27 heavy (non-hydrogen) atoms. The fraction of sp³-hybridized carbons (Fsp3) is 0.500. The Balaban J connectivity index is 1.82. The van der Waals surface area contributed by atoms with E-state index in [9.17, 15) is 4.79 Å². The van der Waals surface area contributed by atoms with Crippen LogP contribution >= 0.6 is 11.8 Å². The van der Waals surface area contributed by atoms with Gasteiger partial charge in [0, 0.05) is 26.7 Å². The van der Waals surface area contributed by atoms with E-state index in [4.69, 9.17) is 9.47 Å². The number of amides is 1. The van der Waals surface area contributed by atoms with Crippen LogP contribution in [0.4, 0.5) is 5.95 Å². The van der Waals surface area contributed by atoms with Crippen LogP contribution in [-0.4, -0.2) is 73.0 Å². The van der Waals surface area contributed by atoms with Crippen LogP contribution in [0.3, 0.4) is 0 Å². The molecule has 1 aliphatic heterocycles. The van der Waals surface area contributed by atoms with E-state index in [-0.39, 0.29) is 11.7 Å². The zero-order chi connectivity index (χ0) is 19.1. The molecule has 1 N–H and O–H groups in total. The van der Waals surface area contributed by atoms with Gasteiger partial charge in [-0.05, 0) is 18.6 Å². The van der Waals surface area contributed by atoms with E-state index < -0.39 is 0 Å². The molecule has 1 aromatic carbocycles. The third kappa shape index (κ3) is 5.00. The van der Waals surface area contributed by atoms with Gasteiger partial charge in [-0.15, -0.1) is 10.2 Å². The van der Waals surface area contributed by atoms with Crippen molar-refractivity contribution in [3.63, 3.8) is 0 Å². The minimum absolute atomic E-state index is 0.0516. The van der Waals surface area contributed by atoms with Crippen molar-refractivity contribution in [1.29, 1.82) is 0 Å². The second-order valence-corrected chi connectivity index (χ2v) is 7.08. The number of rotatable bonds is 8. The molecule has 2 heterocycles. The molecular formula is C18H25N5O3S. The van der Waals surface area contributed by atoms with Gasteiger partial charge in [-0.2, -0.15) is 0 Å². The van der Waals surface area contributed by atoms with Crippen LogP contribution in [-0.2, 0) is 14.3 Å². The number of morpholine rings is 1. The summed E-state index contributed by atoms with van der Waals surface area (Å²) in [5.41, 5.74) is 2.14. The van der Waals surface area contributed by atoms with E-state index in [1.54, 1.807) is 7.11 Å². The van der Waals surface area contributed by atoms with Gasteiger partial charge in [-0.1, -0.05) is 30.0 Å². The Labute approximate surface area is 163 Å². The van der Waals surface area contributed by atoms with Gasteiger partial charge in [0.05, 0.1) is 31.3 Å². The van der Waals surface area contributed by atoms with E-state index in [1.807, 2.05) is 22.8 Å². The number of aromatic nitrogens is 3. The van der Waals surface area contributed by atoms with Crippen LogP contribution in [0.1, 0.15) is 5.56 Å². The van der Waals surface area contributed by atoms with Crippen LogP contribution in [0.2, 0.25) is 0 Å². The lowest BCUT2D eigenvalue weighted by Crippen LogP contribution is -2.38. The van der Waals surface area contributed by atoms with Gasteiger partial charge in [-0.3, -0.25) is 9.36 Å². The van der Waals surface area contributed by atoms with Crippen LogP contribution in [0, 0.1) is 6.92 Å². The molecule has 0 unspecified atom stereocenters. The van der Waals surface area contributed by atoms with Crippen LogP contribution < -0.4 is 10.2 Å². The molecule has 0 aliphatic carbocycles. The fourth-order valence-electron chi connectivity index (χ4n) is 2.82. The standard InChI is InChI=1S/C18H25N5O3S/c1-14-5-3-4-6-15(14)23-17(22-8-11-26-12-9-22)20-21-18(23)27-13-16(24)19-7-10-25-2/h3-6H,7-13H2,1-2H3,(H,19,24). The highest BCUT2D eigenvalue weighted by molar-refractivity contribution is 7.99. The lowest BCUT2D eigenvalue weighted by molar-refractivity contribution is -0.118. The predicted molar refractivity (Wildman–Crippen MR) is 105 cm³/mol. The van der Waals surface area contributed by atoms with Crippen molar-refractivity contribution in [2.24, 2.45) is 0 Å². The summed E-state index contributed by atoms with van der Waals surface area (Å²) >= 11 is 1.38. The highest BCUT2D eigenvalue weighted by Crippen LogP contribution is 2.28. The van der Waals surface area contributed by atoms with E-state index in [0.29, 0.717) is 31.5 Å². The fourth-order valence-corrected chi connectivity index (χ4v) is 3.59. The van der Waals surface area contributed by atoms with E-state index in [1.165, 1.54) is 11.8 Å². The van der Waals surface area contributed by atoms with Crippen molar-refractivity contribution < 1.29 is 14.3 Å². The highest BCUT2D eigenvalue weighted by atomic mass is 32.2. The number of carbonyl (C=O) groups excluding carboxylic acids is 1. The second-order valence-electron chi connectivity index (χ2n) is 6.14. The van der Waals surface area contributed by atoms with Crippen LogP contribution in [0.5, 0.6) is 0 Å². The van der Waals surface area contributed by atoms with Gasteiger partial charge >= 0.3 is 0 Å². The molecule has 9 heteroatoms. The topological polar surface area (TPSA) is 81.5 Å². The molecule has 2 aromatic rings. The maximum absolute atomic E-state index is 12.0. The molecule has 0 atom stereocenters. The second kappa shape index (κ2) is 9.72. The van der Waals surface area contributed by atoms with Crippen molar-refractivity contribution >= 4 is 23.6 Å². The summed E-state index contributed by atoms with van der Waals surface area (Å²) in [5, 5.41) is 12.3. The van der Waals surface area contributed by atoms with Gasteiger partial charge < -0.3 is 19.7 Å². The molecule has 0 saturated carbocycles. The summed E-state index contributed by atoms with van der Waals surface area (Å²) in [6.45, 7) is 5.94. The molecule has 3 rings (SSSR count). The quantitative estimate of drug-likeness (QED) is 0.536. The monoisotopic (exact) mass is 391 g/mol. The van der Waals surface area contributed by atoms with E-state index in [2.05, 4.69) is 33.4 Å². The number of nitrogens with zero attached hydrogens (tertiary/aromatic N) is 4. The lowest BCUT2D eigenvalue weighted by Gasteiger charge is -2.28. The Bertz CT molecular complexity index is 761. The molecule has 0 radical (unpaired) electrons. The SMILES string of the molecule is COCCNC(=O)CSc1nnc(N2CCOCC2)n1-c1ccccc1C. The van der Waals surface area contributed by atoms with Gasteiger partial charge in [0.1, 0.15) is 0 Å². The summed E-state index contributed by atoms with van der Waals surface area (Å²) in [7, 11) is 1.61. The molecule has 1 amide bonds. The molecule has 0 bridgehead atoms. The summed E-state index contributed by atoms with van der Waals surface area (Å²) in [4.78, 5) is 14.2. The van der Waals surface area contributed by atoms with Crippen LogP contribution in [0.15, 0.2) is 29.4 Å². The number of hydrogen-bond donors (Lipinski definition) is 1. The maximum atomic E-state index is 12.0. The Morgan fingerprint density at radius 3 is 2.81 bits per heavy atom. The lowest BCUT2D eigenvalue weighted by atomic mass is 10.2. The molecule has 0 spiro atoms. The molecule has 8 nitrogen and oxygen atoms in total. The number of nitrogens with one attached hydrogen (secondary N) is 1. The van der Waals surface area contributed by atoms with Crippen molar-refractivity contribution in [2.75, 3.05) is 57.2 Å². The largest absolute Gasteiger partial charge is 0.383 e. The summed E-state index contributed by atoms with van der Waals surface area (Å²) in [5.74, 6) is 1.01. The number of aryl methyl sites for hydroxylation is 1. The van der Waals surface area contributed by atoms with Crippen molar-refractivity contribution in [3.8, 4) is 5.69 Å². The molecule has 146 valence electrons. The van der Waals surface area contributed by atoms with Crippen molar-refractivity contribution in [1.82, 2.24) is 20.1 Å². The first kappa shape index (κ1) is 19.7. The minimum atomic E-state index is -0.0516. The van der Waals surface area contributed by atoms with Gasteiger partial charge in [0.2, 0.25) is 11.9 Å². The summed E-state index contributed by atoms with van der Waals surface area (Å²) < 4.78 is 12.4. The van der Waals surface area contributed by atoms with Gasteiger partial charge in [-0.25, -0.2) is 0 Å². The maximum Gasteiger partial charge on any atom is 0.232 e. The first-order valence-corrected chi connectivity index (χ1v) is 9.92. The van der Waals surface area contributed by atoms with Crippen molar-refractivity contribution in [2.45, 2.75) is 12.1 Å². The number of hydrogen-bond acceptors (Lipinski definition) is 7. The molecule has 1 fully saturated rings. The molecular weight excluding hydrogens is 366 g/mol. The zero-order valence-corrected chi connectivity index (χ0v) is 16.5. The van der Waals surface area contributed by atoms with Crippen LogP contribution in [0.25, 0.3) is 5.69 Å². The number of thioether (sulfide) groups is 1. The molecule has 1 aliphatic rings. The zero-order valence-electron chi connectivity index (χ0n) is 15.7. The van der Waals surface area contributed by atoms with Gasteiger partial charge in [0.15, 0.2) is 5.16 Å². The Hall–Kier alpha value is -2.10. The minimum Gasteiger partial charge on any atom is -0.383 e. The smallest absolute Gasteiger partial charge is 0.232 e. The number of benzene rings is 1. The van der Waals surface area contributed by atoms with Crippen molar-refractivity contribution in [3.05, 3.63) is 29.8 Å². The normalized spacial score (nSPS) is 14.4. The first-order valence-electron chi connectivity index (χ1n) is 8.93. The molecule has 1 aromatic heterocycles. The Kier molecular flexibility index (Phi) is 7.08. The third-order valence-electron chi connectivity index (χ3n) is 4.23. The average molecular weight is 391 g/mol. The summed E-state index contributed by atoms with van der Waals surface area (Å²) in [6, 6.07) is 8.11. The number of methoxy groups -OCH3 is 1. The first-order chi connectivity index (χ1) is 13.2. The molecule has 1 saturated heterocycles. The number of anilines is 1. The summed E-state index contributed by atoms with van der Waals surface area (Å²) in [6.07, 6.45) is 0. The Morgan fingerprint density at radius 1 is 1.30 bits per heavy atom. The number of carbonyl (C=O) groups is 1. The van der Waals surface area contributed by atoms with E-state index in [0.717, 1.165) is 30.3 Å². The number of para-hydroxylation sites is 1. The average Bonchev–Trinajstić information content (AvgIpc) is 3.11.